The van der Waals surface area contributed by atoms with Gasteiger partial charge in [-0.2, -0.15) is 22.2 Å². The molecule has 0 rings (SSSR count). The van der Waals surface area contributed by atoms with Gasteiger partial charge in [0, 0.05) is 0 Å². The Bertz CT molecular complexity index is 47.2. The monoisotopic (exact) mass is 210 g/mol. The predicted octanol–water partition coefficient (Wildman–Crippen LogP) is 2.88. The fraction of sp³-hybridized carbons (Fsp3) is 1.00. The zero-order chi connectivity index (χ0) is 6.57. The van der Waals surface area contributed by atoms with Gasteiger partial charge in [0.25, 0.3) is 0 Å². The highest BCUT2D eigenvalue weighted by atomic mass is 35.7. The molecule has 5 heteroatoms. The first-order chi connectivity index (χ1) is 3.63. The summed E-state index contributed by atoms with van der Waals surface area (Å²) in [6.45, 7) is 0. The molecule has 0 aromatic carbocycles. The highest BCUT2D eigenvalue weighted by Gasteiger charge is 2.04. The lowest BCUT2D eigenvalue weighted by molar-refractivity contribution is 1.03. The molecular weight excluding hydrogens is 206 g/mol. The molecule has 8 heavy (non-hydrogen) atoms. The lowest BCUT2D eigenvalue weighted by Gasteiger charge is -1.97. The molecule has 0 aromatic rings. The van der Waals surface area contributed by atoms with Crippen LogP contribution in [0, 0.1) is 0 Å². The van der Waals surface area contributed by atoms with Gasteiger partial charge in [-0.25, -0.2) is 0 Å². The minimum absolute atomic E-state index is 0.303. The molecule has 0 aliphatic rings. The molecule has 0 atom stereocenters. The maximum Gasteiger partial charge on any atom is 0.237 e. The molecule has 0 aliphatic carbocycles. The highest BCUT2D eigenvalue weighted by molar-refractivity contribution is 7.33. The SMILES string of the molecule is ClC(Cl)CC[SiH](Cl)Cl. The molecule has 0 heterocycles. The van der Waals surface area contributed by atoms with E-state index < -0.39 is 7.42 Å². The Hall–Kier alpha value is 1.38. The molecule has 0 aliphatic heterocycles. The van der Waals surface area contributed by atoms with Crippen molar-refractivity contribution < 1.29 is 0 Å². The van der Waals surface area contributed by atoms with Gasteiger partial charge in [0.05, 0.1) is 0 Å². The lowest BCUT2D eigenvalue weighted by Crippen LogP contribution is -1.95. The maximum absolute atomic E-state index is 5.51. The average molecular weight is 212 g/mol. The molecular formula is C3H6Cl4Si. The van der Waals surface area contributed by atoms with E-state index in [1.54, 1.807) is 0 Å². The summed E-state index contributed by atoms with van der Waals surface area (Å²) in [5.74, 6) is 0. The first-order valence-corrected chi connectivity index (χ1v) is 7.37. The second-order valence-electron chi connectivity index (χ2n) is 1.36. The third kappa shape index (κ3) is 7.38. The summed E-state index contributed by atoms with van der Waals surface area (Å²) in [6, 6.07) is 0.792. The molecule has 0 unspecified atom stereocenters. The van der Waals surface area contributed by atoms with Crippen LogP contribution in [0.25, 0.3) is 0 Å². The summed E-state index contributed by atoms with van der Waals surface area (Å²) in [7, 11) is -1.45. The third-order valence-corrected chi connectivity index (χ3v) is 3.12. The van der Waals surface area contributed by atoms with E-state index in [0.717, 1.165) is 6.04 Å². The predicted molar refractivity (Wildman–Crippen MR) is 43.8 cm³/mol. The van der Waals surface area contributed by atoms with Gasteiger partial charge in [-0.1, -0.05) is 0 Å². The van der Waals surface area contributed by atoms with E-state index in [9.17, 15) is 0 Å². The van der Waals surface area contributed by atoms with Crippen molar-refractivity contribution in [3.8, 4) is 0 Å². The standard InChI is InChI=1S/C3H6Cl4Si/c4-3(5)1-2-8(6)7/h3,8H,1-2H2. The molecule has 0 radical (unpaired) electrons. The molecule has 0 N–H and O–H groups in total. The van der Waals surface area contributed by atoms with Crippen molar-refractivity contribution in [1.29, 1.82) is 0 Å². The van der Waals surface area contributed by atoms with Crippen LogP contribution in [0.4, 0.5) is 0 Å². The molecule has 50 valence electrons. The first kappa shape index (κ1) is 9.38. The smallest absolute Gasteiger partial charge is 0.150 e. The summed E-state index contributed by atoms with van der Waals surface area (Å²) < 4.78 is 0. The Morgan fingerprint density at radius 1 is 1.25 bits per heavy atom. The van der Waals surface area contributed by atoms with Crippen LogP contribution in [-0.4, -0.2) is 12.3 Å². The van der Waals surface area contributed by atoms with Crippen LogP contribution < -0.4 is 0 Å². The van der Waals surface area contributed by atoms with E-state index in [1.807, 2.05) is 0 Å². The molecule has 0 spiro atoms. The van der Waals surface area contributed by atoms with Crippen molar-refractivity contribution in [2.45, 2.75) is 17.3 Å². The summed E-state index contributed by atoms with van der Waals surface area (Å²) in [4.78, 5) is -0.303. The fourth-order valence-electron chi connectivity index (χ4n) is 0.252. The Morgan fingerprint density at radius 2 is 1.75 bits per heavy atom. The highest BCUT2D eigenvalue weighted by Crippen LogP contribution is 2.14. The van der Waals surface area contributed by atoms with Crippen LogP contribution in [0.5, 0.6) is 0 Å². The molecule has 0 saturated heterocycles. The molecule has 0 aromatic heterocycles. The second kappa shape index (κ2) is 5.18. The van der Waals surface area contributed by atoms with E-state index in [-0.39, 0.29) is 4.84 Å². The van der Waals surface area contributed by atoms with Crippen molar-refractivity contribution in [3.05, 3.63) is 0 Å². The van der Waals surface area contributed by atoms with Gasteiger partial charge in [-0.3, -0.25) is 0 Å². The van der Waals surface area contributed by atoms with Crippen LogP contribution in [-0.2, 0) is 0 Å². The van der Waals surface area contributed by atoms with E-state index in [2.05, 4.69) is 0 Å². The Labute approximate surface area is 70.1 Å². The number of halogens is 4. The summed E-state index contributed by atoms with van der Waals surface area (Å²) in [5, 5.41) is 0. The summed E-state index contributed by atoms with van der Waals surface area (Å²) in [5.41, 5.74) is 0. The van der Waals surface area contributed by atoms with Crippen molar-refractivity contribution in [3.63, 3.8) is 0 Å². The van der Waals surface area contributed by atoms with E-state index in [4.69, 9.17) is 45.4 Å². The minimum Gasteiger partial charge on any atom is -0.150 e. The van der Waals surface area contributed by atoms with Gasteiger partial charge in [-0.05, 0) is 12.5 Å². The van der Waals surface area contributed by atoms with Gasteiger partial charge in [-0.15, -0.1) is 23.2 Å². The first-order valence-electron chi connectivity index (χ1n) is 2.19. The van der Waals surface area contributed by atoms with Crippen LogP contribution in [0.2, 0.25) is 6.04 Å². The van der Waals surface area contributed by atoms with Gasteiger partial charge < -0.3 is 0 Å². The van der Waals surface area contributed by atoms with Crippen LogP contribution in [0.3, 0.4) is 0 Å². The van der Waals surface area contributed by atoms with Crippen molar-refractivity contribution in [1.82, 2.24) is 0 Å². The summed E-state index contributed by atoms with van der Waals surface area (Å²) in [6.07, 6.45) is 0.715. The topological polar surface area (TPSA) is 0 Å². The zero-order valence-electron chi connectivity index (χ0n) is 4.08. The second-order valence-corrected chi connectivity index (χ2v) is 7.83. The number of hydrogen-bond donors (Lipinski definition) is 0. The Morgan fingerprint density at radius 3 is 1.88 bits per heavy atom. The fourth-order valence-corrected chi connectivity index (χ4v) is 2.27. The normalized spacial score (nSPS) is 11.2. The molecule has 0 fully saturated rings. The molecule has 0 bridgehead atoms. The van der Waals surface area contributed by atoms with E-state index in [1.165, 1.54) is 0 Å². The van der Waals surface area contributed by atoms with Gasteiger partial charge >= 0.3 is 0 Å². The largest absolute Gasteiger partial charge is 0.237 e. The third-order valence-electron chi connectivity index (χ3n) is 0.603. The van der Waals surface area contributed by atoms with E-state index >= 15 is 0 Å². The van der Waals surface area contributed by atoms with Crippen molar-refractivity contribution >= 4 is 52.8 Å². The number of hydrogen-bond acceptors (Lipinski definition) is 0. The zero-order valence-corrected chi connectivity index (χ0v) is 8.26. The Kier molecular flexibility index (Phi) is 6.08. The van der Waals surface area contributed by atoms with Gasteiger partial charge in [0.15, 0.2) is 0 Å². The average Bonchev–Trinajstić information content (AvgIpc) is 1.61. The lowest BCUT2D eigenvalue weighted by atomic mass is 10.6. The Balaban J connectivity index is 2.93. The van der Waals surface area contributed by atoms with E-state index in [0.29, 0.717) is 6.42 Å². The van der Waals surface area contributed by atoms with Crippen molar-refractivity contribution in [2.75, 3.05) is 0 Å². The minimum atomic E-state index is -1.45. The van der Waals surface area contributed by atoms with Gasteiger partial charge in [0.1, 0.15) is 4.84 Å². The van der Waals surface area contributed by atoms with Crippen LogP contribution >= 0.6 is 45.4 Å². The number of alkyl halides is 2. The number of rotatable bonds is 3. The molecule has 0 amide bonds. The van der Waals surface area contributed by atoms with Crippen LogP contribution in [0.15, 0.2) is 0 Å². The molecule has 0 saturated carbocycles. The van der Waals surface area contributed by atoms with Crippen molar-refractivity contribution in [2.24, 2.45) is 0 Å². The van der Waals surface area contributed by atoms with Gasteiger partial charge in [0.2, 0.25) is 7.42 Å². The molecule has 0 nitrogen and oxygen atoms in total. The summed E-state index contributed by atoms with van der Waals surface area (Å²) >= 11 is 21.8. The quantitative estimate of drug-likeness (QED) is 0.383. The maximum atomic E-state index is 5.51. The van der Waals surface area contributed by atoms with Crippen LogP contribution in [0.1, 0.15) is 6.42 Å².